The second-order valence-electron chi connectivity index (χ2n) is 15.5. The average Bonchev–Trinajstić information content (AvgIpc) is 3.66. The van der Waals surface area contributed by atoms with Crippen LogP contribution in [0.1, 0.15) is 62.4 Å². The minimum Gasteiger partial charge on any atom is -0.473 e. The van der Waals surface area contributed by atoms with Gasteiger partial charge >= 0.3 is 6.03 Å². The Morgan fingerprint density at radius 3 is 2.32 bits per heavy atom. The number of urea groups is 1. The van der Waals surface area contributed by atoms with Gasteiger partial charge in [0.2, 0.25) is 23.5 Å². The third-order valence-electron chi connectivity index (χ3n) is 9.38. The van der Waals surface area contributed by atoms with E-state index >= 15 is 4.39 Å². The molecule has 0 fully saturated rings. The zero-order valence-corrected chi connectivity index (χ0v) is 36.5. The van der Waals surface area contributed by atoms with E-state index in [1.54, 1.807) is 74.7 Å². The first-order valence-corrected chi connectivity index (χ1v) is 20.6. The Morgan fingerprint density at radius 1 is 0.905 bits per heavy atom. The lowest BCUT2D eigenvalue weighted by Crippen LogP contribution is -2.53. The van der Waals surface area contributed by atoms with Gasteiger partial charge in [-0.05, 0) is 81.2 Å². The molecule has 0 saturated heterocycles. The van der Waals surface area contributed by atoms with Gasteiger partial charge in [-0.15, -0.1) is 0 Å². The Morgan fingerprint density at radius 2 is 1.63 bits per heavy atom. The molecule has 2 atom stereocenters. The number of hydrogen-bond acceptors (Lipinski definition) is 12. The first-order chi connectivity index (χ1) is 30.0. The first-order valence-electron chi connectivity index (χ1n) is 20.6. The van der Waals surface area contributed by atoms with E-state index in [0.29, 0.717) is 41.2 Å². The van der Waals surface area contributed by atoms with Crippen LogP contribution in [-0.2, 0) is 19.1 Å². The van der Waals surface area contributed by atoms with E-state index in [1.165, 1.54) is 10.6 Å². The number of halogens is 1. The highest BCUT2D eigenvalue weighted by atomic mass is 19.1. The first kappa shape index (κ1) is 49.0. The molecular formula is C43H59FN12O7. The van der Waals surface area contributed by atoms with Crippen molar-refractivity contribution in [3.05, 3.63) is 83.8 Å². The maximum Gasteiger partial charge on any atom is 0.312 e. The third-order valence-corrected chi connectivity index (χ3v) is 9.38. The topological polar surface area (TPSA) is 261 Å². The predicted octanol–water partition coefficient (Wildman–Crippen LogP) is 3.47. The summed E-state index contributed by atoms with van der Waals surface area (Å²) < 4.78 is 28.9. The molecule has 4 aromatic rings. The van der Waals surface area contributed by atoms with Crippen LogP contribution in [0.15, 0.2) is 66.9 Å². The van der Waals surface area contributed by atoms with Crippen molar-refractivity contribution in [3.8, 4) is 5.88 Å². The summed E-state index contributed by atoms with van der Waals surface area (Å²) in [6.45, 7) is 8.47. The Bertz CT molecular complexity index is 2210. The number of ether oxygens (including phenoxy) is 2. The number of nitrogens with zero attached hydrogens (tertiary/aromatic N) is 4. The highest BCUT2D eigenvalue weighted by Gasteiger charge is 2.25. The van der Waals surface area contributed by atoms with Gasteiger partial charge < -0.3 is 57.7 Å². The number of nitrogens with one attached hydrogen (secondary N) is 6. The molecule has 0 spiro atoms. The number of rotatable bonds is 24. The quantitative estimate of drug-likeness (QED) is 0.0372. The summed E-state index contributed by atoms with van der Waals surface area (Å²) in [5.41, 5.74) is 14.0. The Hall–Kier alpha value is -6.64. The summed E-state index contributed by atoms with van der Waals surface area (Å²) in [7, 11) is 3.80. The monoisotopic (exact) mass is 874 g/mol. The van der Waals surface area contributed by atoms with Gasteiger partial charge in [0.1, 0.15) is 12.6 Å². The molecule has 0 saturated carbocycles. The van der Waals surface area contributed by atoms with Crippen molar-refractivity contribution in [1.29, 1.82) is 0 Å². The number of hydrogen-bond donors (Lipinski definition) is 8. The fourth-order valence-corrected chi connectivity index (χ4v) is 5.88. The number of likely N-dealkylation sites (N-methyl/N-ethyl adjacent to an activating group) is 1. The standard InChI is InChI=1S/C43H59FN12O7/c1-26(2)32-25-49-56-37(32)54-42(63-23-22-62-21-19-47-40(59)33(12-8-18-48-43(46)61)53-41(60)36(45)27(3)4)35(44)38(56)51-30-10-7-11-31(24-30)52-39(58)28-14-16-29(17-15-28)50-34(57)13-9-20-55(5)6/h7,9-11,13-17,24-27,33,36,51H,8,12,18-23,45H2,1-6H3,(H,47,59)(H,50,57)(H,52,58)(H,53,60)(H3,46,48,61)/b13-9+/t33-,36-/m0/s1. The summed E-state index contributed by atoms with van der Waals surface area (Å²) in [5, 5.41) is 20.9. The molecule has 0 unspecified atom stereocenters. The van der Waals surface area contributed by atoms with E-state index in [0.717, 1.165) is 5.56 Å². The molecule has 2 heterocycles. The third kappa shape index (κ3) is 15.3. The molecule has 340 valence electrons. The summed E-state index contributed by atoms with van der Waals surface area (Å²) in [4.78, 5) is 68.3. The molecule has 0 aliphatic rings. The molecular weight excluding hydrogens is 816 g/mol. The van der Waals surface area contributed by atoms with Crippen molar-refractivity contribution in [2.45, 2.75) is 58.5 Å². The number of anilines is 4. The van der Waals surface area contributed by atoms with Crippen LogP contribution in [-0.4, -0.2) is 115 Å². The highest BCUT2D eigenvalue weighted by molar-refractivity contribution is 6.05. The number of nitrogens with two attached hydrogens (primary N) is 2. The number of primary amides is 1. The lowest BCUT2D eigenvalue weighted by molar-refractivity contribution is -0.130. The smallest absolute Gasteiger partial charge is 0.312 e. The molecule has 6 amide bonds. The Labute approximate surface area is 365 Å². The number of carbonyl (C=O) groups is 5. The van der Waals surface area contributed by atoms with Crippen LogP contribution >= 0.6 is 0 Å². The zero-order valence-electron chi connectivity index (χ0n) is 36.5. The summed E-state index contributed by atoms with van der Waals surface area (Å²) in [6.07, 6.45) is 5.41. The Kier molecular flexibility index (Phi) is 18.8. The van der Waals surface area contributed by atoms with Gasteiger partial charge in [0, 0.05) is 53.9 Å². The number of fused-ring (bicyclic) bond motifs is 1. The maximum atomic E-state index is 16.2. The molecule has 0 bridgehead atoms. The van der Waals surface area contributed by atoms with Gasteiger partial charge in [0.25, 0.3) is 11.8 Å². The van der Waals surface area contributed by atoms with Crippen LogP contribution in [0.4, 0.5) is 32.1 Å². The normalized spacial score (nSPS) is 12.4. The molecule has 0 radical (unpaired) electrons. The molecule has 0 aliphatic carbocycles. The molecule has 19 nitrogen and oxygen atoms in total. The zero-order chi connectivity index (χ0) is 46.1. The SMILES string of the molecule is CC(C)c1cnn2c(Nc3cccc(NC(=O)c4ccc(NC(=O)/C=C/CN(C)C)cc4)c3)c(F)c(OCCOCCNC(=O)[C@H](CCCNC(N)=O)NC(=O)[C@@H](N)C(C)C)nc12. The van der Waals surface area contributed by atoms with Crippen molar-refractivity contribution >= 4 is 58.2 Å². The van der Waals surface area contributed by atoms with Crippen molar-refractivity contribution in [1.82, 2.24) is 35.4 Å². The summed E-state index contributed by atoms with van der Waals surface area (Å²) in [6, 6.07) is 10.8. The molecule has 63 heavy (non-hydrogen) atoms. The molecule has 4 rings (SSSR count). The molecule has 10 N–H and O–H groups in total. The van der Waals surface area contributed by atoms with Crippen LogP contribution in [0.5, 0.6) is 5.88 Å². The van der Waals surface area contributed by atoms with Crippen molar-refractivity contribution in [3.63, 3.8) is 0 Å². The fourth-order valence-electron chi connectivity index (χ4n) is 5.88. The molecule has 2 aromatic carbocycles. The van der Waals surface area contributed by atoms with Gasteiger partial charge in [-0.2, -0.15) is 19.0 Å². The van der Waals surface area contributed by atoms with Gasteiger partial charge in [-0.1, -0.05) is 39.8 Å². The van der Waals surface area contributed by atoms with Gasteiger partial charge in [0.15, 0.2) is 11.5 Å². The van der Waals surface area contributed by atoms with Crippen LogP contribution < -0.4 is 48.1 Å². The number of amides is 6. The lowest BCUT2D eigenvalue weighted by atomic mass is 10.0. The van der Waals surface area contributed by atoms with Crippen molar-refractivity contribution in [2.75, 3.05) is 69.5 Å². The average molecular weight is 875 g/mol. The van der Waals surface area contributed by atoms with E-state index in [-0.39, 0.29) is 68.8 Å². The fraction of sp³-hybridized carbons (Fsp3) is 0.419. The van der Waals surface area contributed by atoms with Gasteiger partial charge in [0.05, 0.1) is 25.5 Å². The van der Waals surface area contributed by atoms with Crippen LogP contribution in [0, 0.1) is 11.7 Å². The van der Waals surface area contributed by atoms with Gasteiger partial charge in [-0.3, -0.25) is 19.2 Å². The predicted molar refractivity (Wildman–Crippen MR) is 238 cm³/mol. The van der Waals surface area contributed by atoms with Crippen molar-refractivity contribution < 1.29 is 37.8 Å². The summed E-state index contributed by atoms with van der Waals surface area (Å²) >= 11 is 0. The Balaban J connectivity index is 1.35. The minimum absolute atomic E-state index is 0.000155. The maximum absolute atomic E-state index is 16.2. The van der Waals surface area contributed by atoms with E-state index < -0.39 is 41.7 Å². The van der Waals surface area contributed by atoms with E-state index in [1.807, 2.05) is 32.8 Å². The van der Waals surface area contributed by atoms with Crippen LogP contribution in [0.25, 0.3) is 5.65 Å². The van der Waals surface area contributed by atoms with Crippen molar-refractivity contribution in [2.24, 2.45) is 17.4 Å². The second kappa shape index (κ2) is 24.1. The largest absolute Gasteiger partial charge is 0.473 e. The summed E-state index contributed by atoms with van der Waals surface area (Å²) in [5.74, 6) is -2.91. The molecule has 2 aromatic heterocycles. The second-order valence-corrected chi connectivity index (χ2v) is 15.5. The molecule has 20 heteroatoms. The number of aromatic nitrogens is 3. The number of carbonyl (C=O) groups excluding carboxylic acids is 5. The van der Waals surface area contributed by atoms with Crippen LogP contribution in [0.2, 0.25) is 0 Å². The van der Waals surface area contributed by atoms with Gasteiger partial charge in [-0.25, -0.2) is 4.79 Å². The van der Waals surface area contributed by atoms with E-state index in [9.17, 15) is 24.0 Å². The number of benzene rings is 2. The highest BCUT2D eigenvalue weighted by Crippen LogP contribution is 2.31. The van der Waals surface area contributed by atoms with E-state index in [2.05, 4.69) is 42.0 Å². The minimum atomic E-state index is -0.903. The lowest BCUT2D eigenvalue weighted by Gasteiger charge is -2.22. The van der Waals surface area contributed by atoms with E-state index in [4.69, 9.17) is 20.9 Å². The molecule has 0 aliphatic heterocycles. The van der Waals surface area contributed by atoms with Crippen LogP contribution in [0.3, 0.4) is 0 Å².